The summed E-state index contributed by atoms with van der Waals surface area (Å²) in [6.45, 7) is 0. The van der Waals surface area contributed by atoms with Gasteiger partial charge in [-0.25, -0.2) is 4.79 Å². The SMILES string of the molecule is O=C(O)c1cccc(Sc2ccc(Cl)cc2)c1[N+](=O)[O-]. The van der Waals surface area contributed by atoms with Crippen LogP contribution in [0.15, 0.2) is 52.3 Å². The summed E-state index contributed by atoms with van der Waals surface area (Å²) in [4.78, 5) is 22.5. The zero-order valence-electron chi connectivity index (χ0n) is 9.95. The number of benzene rings is 2. The van der Waals surface area contributed by atoms with Crippen LogP contribution in [0.4, 0.5) is 5.69 Å². The van der Waals surface area contributed by atoms with Crippen molar-refractivity contribution in [3.8, 4) is 0 Å². The quantitative estimate of drug-likeness (QED) is 0.679. The van der Waals surface area contributed by atoms with Crippen LogP contribution in [0.1, 0.15) is 10.4 Å². The zero-order valence-corrected chi connectivity index (χ0v) is 11.5. The Labute approximate surface area is 123 Å². The highest BCUT2D eigenvalue weighted by atomic mass is 35.5. The first-order valence-electron chi connectivity index (χ1n) is 5.43. The molecule has 20 heavy (non-hydrogen) atoms. The summed E-state index contributed by atoms with van der Waals surface area (Å²) in [5, 5.41) is 20.7. The Kier molecular flexibility index (Phi) is 4.26. The molecule has 0 fully saturated rings. The van der Waals surface area contributed by atoms with Gasteiger partial charge >= 0.3 is 5.97 Å². The molecule has 7 heteroatoms. The van der Waals surface area contributed by atoms with E-state index in [1.165, 1.54) is 18.2 Å². The Balaban J connectivity index is 2.46. The molecule has 2 rings (SSSR count). The minimum Gasteiger partial charge on any atom is -0.477 e. The van der Waals surface area contributed by atoms with Crippen molar-refractivity contribution in [1.29, 1.82) is 0 Å². The van der Waals surface area contributed by atoms with Crippen LogP contribution >= 0.6 is 23.4 Å². The highest BCUT2D eigenvalue weighted by molar-refractivity contribution is 7.99. The number of rotatable bonds is 4. The fraction of sp³-hybridized carbons (Fsp3) is 0. The molecule has 0 heterocycles. The van der Waals surface area contributed by atoms with Crippen molar-refractivity contribution in [1.82, 2.24) is 0 Å². The molecule has 0 aliphatic heterocycles. The van der Waals surface area contributed by atoms with Crippen LogP contribution in [0.2, 0.25) is 5.02 Å². The van der Waals surface area contributed by atoms with Crippen molar-refractivity contribution in [2.75, 3.05) is 0 Å². The molecule has 102 valence electrons. The molecule has 5 nitrogen and oxygen atoms in total. The van der Waals surface area contributed by atoms with Gasteiger partial charge in [-0.1, -0.05) is 29.4 Å². The zero-order chi connectivity index (χ0) is 14.7. The van der Waals surface area contributed by atoms with Crippen LogP contribution in [-0.4, -0.2) is 16.0 Å². The number of carbonyl (C=O) groups is 1. The molecule has 0 spiro atoms. The van der Waals surface area contributed by atoms with E-state index in [0.717, 1.165) is 16.7 Å². The van der Waals surface area contributed by atoms with Crippen LogP contribution < -0.4 is 0 Å². The molecular weight excluding hydrogens is 302 g/mol. The van der Waals surface area contributed by atoms with E-state index in [9.17, 15) is 14.9 Å². The number of nitrogens with zero attached hydrogens (tertiary/aromatic N) is 1. The van der Waals surface area contributed by atoms with Crippen molar-refractivity contribution in [3.63, 3.8) is 0 Å². The maximum atomic E-state index is 11.1. The summed E-state index contributed by atoms with van der Waals surface area (Å²) in [6, 6.07) is 11.0. The fourth-order valence-corrected chi connectivity index (χ4v) is 2.68. The molecule has 0 aliphatic rings. The molecule has 2 aromatic rings. The lowest BCUT2D eigenvalue weighted by Gasteiger charge is -2.05. The molecule has 2 aromatic carbocycles. The van der Waals surface area contributed by atoms with E-state index in [-0.39, 0.29) is 10.5 Å². The maximum absolute atomic E-state index is 11.1. The number of nitro groups is 1. The van der Waals surface area contributed by atoms with Gasteiger partial charge in [-0.05, 0) is 36.4 Å². The molecule has 0 atom stereocenters. The van der Waals surface area contributed by atoms with Crippen molar-refractivity contribution >= 4 is 35.0 Å². The van der Waals surface area contributed by atoms with Crippen LogP contribution in [0.5, 0.6) is 0 Å². The molecule has 1 N–H and O–H groups in total. The molecule has 0 unspecified atom stereocenters. The molecular formula is C13H8ClNO4S. The highest BCUT2D eigenvalue weighted by Crippen LogP contribution is 2.37. The summed E-state index contributed by atoms with van der Waals surface area (Å²) in [5.41, 5.74) is -0.728. The van der Waals surface area contributed by atoms with Crippen molar-refractivity contribution in [3.05, 3.63) is 63.2 Å². The van der Waals surface area contributed by atoms with Crippen LogP contribution in [0.25, 0.3) is 0 Å². The van der Waals surface area contributed by atoms with E-state index in [0.29, 0.717) is 5.02 Å². The number of carboxylic acids is 1. The van der Waals surface area contributed by atoms with E-state index < -0.39 is 16.6 Å². The normalized spacial score (nSPS) is 10.2. The second-order valence-corrected chi connectivity index (χ2v) is 5.32. The Hall–Kier alpha value is -2.05. The Morgan fingerprint density at radius 2 is 1.85 bits per heavy atom. The third-order valence-electron chi connectivity index (χ3n) is 2.45. The summed E-state index contributed by atoms with van der Waals surface area (Å²) < 4.78 is 0. The van der Waals surface area contributed by atoms with Crippen LogP contribution in [0.3, 0.4) is 0 Å². The number of para-hydroxylation sites is 1. The van der Waals surface area contributed by atoms with E-state index >= 15 is 0 Å². The van der Waals surface area contributed by atoms with Gasteiger partial charge in [-0.15, -0.1) is 0 Å². The standard InChI is InChI=1S/C13H8ClNO4S/c14-8-4-6-9(7-5-8)20-11-3-1-2-10(13(16)17)12(11)15(18)19/h1-7H,(H,16,17). The van der Waals surface area contributed by atoms with Gasteiger partial charge in [0, 0.05) is 9.92 Å². The van der Waals surface area contributed by atoms with Gasteiger partial charge < -0.3 is 5.11 Å². The van der Waals surface area contributed by atoms with Gasteiger partial charge in [0.1, 0.15) is 5.56 Å². The number of hydrogen-bond donors (Lipinski definition) is 1. The van der Waals surface area contributed by atoms with Crippen molar-refractivity contribution in [2.45, 2.75) is 9.79 Å². The average molecular weight is 310 g/mol. The monoisotopic (exact) mass is 309 g/mol. The smallest absolute Gasteiger partial charge is 0.342 e. The fourth-order valence-electron chi connectivity index (χ4n) is 1.60. The van der Waals surface area contributed by atoms with E-state index in [2.05, 4.69) is 0 Å². The van der Waals surface area contributed by atoms with Gasteiger partial charge in [0.2, 0.25) is 0 Å². The summed E-state index contributed by atoms with van der Waals surface area (Å²) >= 11 is 6.89. The molecule has 0 aromatic heterocycles. The first-order valence-corrected chi connectivity index (χ1v) is 6.62. The Morgan fingerprint density at radius 3 is 2.40 bits per heavy atom. The van der Waals surface area contributed by atoms with Gasteiger partial charge in [-0.2, -0.15) is 0 Å². The number of aromatic carboxylic acids is 1. The average Bonchev–Trinajstić information content (AvgIpc) is 2.40. The predicted molar refractivity (Wildman–Crippen MR) is 75.6 cm³/mol. The number of halogens is 1. The summed E-state index contributed by atoms with van der Waals surface area (Å²) in [5.74, 6) is -1.32. The van der Waals surface area contributed by atoms with Gasteiger partial charge in [0.05, 0.1) is 9.82 Å². The molecule has 0 saturated heterocycles. The van der Waals surface area contributed by atoms with Crippen molar-refractivity contribution in [2.24, 2.45) is 0 Å². The minimum atomic E-state index is -1.32. The predicted octanol–water partition coefficient (Wildman–Crippen LogP) is 4.10. The topological polar surface area (TPSA) is 80.4 Å². The van der Waals surface area contributed by atoms with Gasteiger partial charge in [0.25, 0.3) is 5.69 Å². The molecule has 0 radical (unpaired) electrons. The summed E-state index contributed by atoms with van der Waals surface area (Å²) in [6.07, 6.45) is 0. The lowest BCUT2D eigenvalue weighted by atomic mass is 10.2. The second kappa shape index (κ2) is 5.94. The largest absolute Gasteiger partial charge is 0.477 e. The molecule has 0 amide bonds. The lowest BCUT2D eigenvalue weighted by molar-refractivity contribution is -0.388. The Bertz CT molecular complexity index is 673. The second-order valence-electron chi connectivity index (χ2n) is 3.77. The van der Waals surface area contributed by atoms with Gasteiger partial charge in [0.15, 0.2) is 0 Å². The van der Waals surface area contributed by atoms with Crippen molar-refractivity contribution < 1.29 is 14.8 Å². The number of nitro benzene ring substituents is 1. The first-order chi connectivity index (χ1) is 9.49. The minimum absolute atomic E-state index is 0.275. The number of carboxylic acid groups (broad SMARTS) is 1. The third kappa shape index (κ3) is 3.09. The summed E-state index contributed by atoms with van der Waals surface area (Å²) in [7, 11) is 0. The lowest BCUT2D eigenvalue weighted by Crippen LogP contribution is -2.03. The number of hydrogen-bond acceptors (Lipinski definition) is 4. The van der Waals surface area contributed by atoms with E-state index in [1.807, 2.05) is 0 Å². The maximum Gasteiger partial charge on any atom is 0.342 e. The molecule has 0 aliphatic carbocycles. The first kappa shape index (κ1) is 14.4. The highest BCUT2D eigenvalue weighted by Gasteiger charge is 2.24. The van der Waals surface area contributed by atoms with Crippen LogP contribution in [0, 0.1) is 10.1 Å². The Morgan fingerprint density at radius 1 is 1.20 bits per heavy atom. The molecule has 0 saturated carbocycles. The third-order valence-corrected chi connectivity index (χ3v) is 3.76. The van der Waals surface area contributed by atoms with Gasteiger partial charge in [-0.3, -0.25) is 10.1 Å². The van der Waals surface area contributed by atoms with E-state index in [4.69, 9.17) is 16.7 Å². The van der Waals surface area contributed by atoms with Crippen LogP contribution in [-0.2, 0) is 0 Å². The van der Waals surface area contributed by atoms with E-state index in [1.54, 1.807) is 24.3 Å². The molecule has 0 bridgehead atoms.